The lowest BCUT2D eigenvalue weighted by Crippen LogP contribution is -2.40. The van der Waals surface area contributed by atoms with E-state index in [1.165, 1.54) is 0 Å². The van der Waals surface area contributed by atoms with E-state index in [4.69, 9.17) is 0 Å². The number of carbonyl (C=O) groups excluding carboxylic acids is 1. The Morgan fingerprint density at radius 1 is 1.39 bits per heavy atom. The summed E-state index contributed by atoms with van der Waals surface area (Å²) in [5, 5.41) is 5.79. The lowest BCUT2D eigenvalue weighted by Gasteiger charge is -2.12. The zero-order valence-corrected chi connectivity index (χ0v) is 11.9. The van der Waals surface area contributed by atoms with E-state index in [2.05, 4.69) is 15.5 Å². The Labute approximate surface area is 109 Å². The van der Waals surface area contributed by atoms with Crippen molar-refractivity contribution in [2.45, 2.75) is 18.9 Å². The van der Waals surface area contributed by atoms with Gasteiger partial charge in [-0.3, -0.25) is 4.79 Å². The van der Waals surface area contributed by atoms with Crippen LogP contribution in [0.5, 0.6) is 0 Å². The summed E-state index contributed by atoms with van der Waals surface area (Å²) in [5.74, 6) is 0.314. The van der Waals surface area contributed by atoms with Gasteiger partial charge in [-0.05, 0) is 33.5 Å². The molecule has 18 heavy (non-hydrogen) atoms. The lowest BCUT2D eigenvalue weighted by molar-refractivity contribution is -0.120. The molecule has 1 rings (SSSR count). The van der Waals surface area contributed by atoms with Gasteiger partial charge in [-0.2, -0.15) is 0 Å². The Morgan fingerprint density at radius 2 is 2.11 bits per heavy atom. The number of nitrogens with zero attached hydrogens (tertiary/aromatic N) is 1. The first kappa shape index (κ1) is 15.4. The van der Waals surface area contributed by atoms with E-state index in [-0.39, 0.29) is 30.0 Å². The smallest absolute Gasteiger partial charge is 0.233 e. The van der Waals surface area contributed by atoms with Gasteiger partial charge >= 0.3 is 0 Å². The highest BCUT2D eigenvalue weighted by Crippen LogP contribution is 2.10. The van der Waals surface area contributed by atoms with Gasteiger partial charge in [-0.15, -0.1) is 0 Å². The highest BCUT2D eigenvalue weighted by molar-refractivity contribution is 7.91. The standard InChI is InChI=1S/C11H23N3O3S/c1-14(2)6-3-5-12-11(15)8-13-10-4-7-18(16,17)9-10/h10,13H,3-9H2,1-2H3,(H,12,15). The Kier molecular flexibility index (Phi) is 6.04. The van der Waals surface area contributed by atoms with E-state index >= 15 is 0 Å². The van der Waals surface area contributed by atoms with Gasteiger partial charge in [0.1, 0.15) is 0 Å². The van der Waals surface area contributed by atoms with Crippen LogP contribution in [-0.2, 0) is 14.6 Å². The Bertz CT molecular complexity index is 368. The average molecular weight is 277 g/mol. The molecule has 7 heteroatoms. The first-order chi connectivity index (χ1) is 8.39. The van der Waals surface area contributed by atoms with Crippen LogP contribution in [0.3, 0.4) is 0 Å². The van der Waals surface area contributed by atoms with Crippen molar-refractivity contribution in [3.8, 4) is 0 Å². The molecule has 0 radical (unpaired) electrons. The van der Waals surface area contributed by atoms with E-state index < -0.39 is 9.84 Å². The number of hydrogen-bond acceptors (Lipinski definition) is 5. The zero-order valence-electron chi connectivity index (χ0n) is 11.1. The van der Waals surface area contributed by atoms with Crippen LogP contribution in [0.15, 0.2) is 0 Å². The van der Waals surface area contributed by atoms with Crippen molar-refractivity contribution in [2.75, 3.05) is 45.2 Å². The minimum atomic E-state index is -2.87. The SMILES string of the molecule is CN(C)CCCNC(=O)CNC1CCS(=O)(=O)C1. The van der Waals surface area contributed by atoms with Gasteiger partial charge in [-0.1, -0.05) is 0 Å². The van der Waals surface area contributed by atoms with Crippen LogP contribution in [0.4, 0.5) is 0 Å². The van der Waals surface area contributed by atoms with Gasteiger partial charge in [0.15, 0.2) is 9.84 Å². The third-order valence-electron chi connectivity index (χ3n) is 2.89. The van der Waals surface area contributed by atoms with Crippen molar-refractivity contribution >= 4 is 15.7 Å². The maximum absolute atomic E-state index is 11.5. The van der Waals surface area contributed by atoms with Gasteiger partial charge in [0, 0.05) is 12.6 Å². The number of sulfone groups is 1. The molecule has 6 nitrogen and oxygen atoms in total. The monoisotopic (exact) mass is 277 g/mol. The summed E-state index contributed by atoms with van der Waals surface area (Å²) in [6.07, 6.45) is 1.52. The van der Waals surface area contributed by atoms with E-state index in [1.807, 2.05) is 14.1 Å². The van der Waals surface area contributed by atoms with Crippen LogP contribution in [0.25, 0.3) is 0 Å². The molecule has 106 valence electrons. The summed E-state index contributed by atoms with van der Waals surface area (Å²) in [4.78, 5) is 13.5. The number of nitrogens with one attached hydrogen (secondary N) is 2. The molecule has 1 amide bonds. The van der Waals surface area contributed by atoms with Crippen molar-refractivity contribution in [3.05, 3.63) is 0 Å². The summed E-state index contributed by atoms with van der Waals surface area (Å²) < 4.78 is 22.4. The van der Waals surface area contributed by atoms with E-state index in [0.29, 0.717) is 13.0 Å². The fourth-order valence-electron chi connectivity index (χ4n) is 1.88. The molecular formula is C11H23N3O3S. The van der Waals surface area contributed by atoms with Crippen molar-refractivity contribution < 1.29 is 13.2 Å². The van der Waals surface area contributed by atoms with Crippen LogP contribution in [0, 0.1) is 0 Å². The predicted molar refractivity (Wildman–Crippen MR) is 71.2 cm³/mol. The molecule has 2 N–H and O–H groups in total. The molecule has 0 bridgehead atoms. The molecule has 1 unspecified atom stereocenters. The minimum absolute atomic E-state index is 0.0671. The molecule has 1 aliphatic heterocycles. The molecule has 0 aromatic rings. The number of carbonyl (C=O) groups is 1. The molecule has 1 fully saturated rings. The second-order valence-electron chi connectivity index (χ2n) is 4.99. The molecule has 1 heterocycles. The van der Waals surface area contributed by atoms with Gasteiger partial charge in [0.25, 0.3) is 0 Å². The van der Waals surface area contributed by atoms with Crippen LogP contribution < -0.4 is 10.6 Å². The van der Waals surface area contributed by atoms with Crippen molar-refractivity contribution in [3.63, 3.8) is 0 Å². The highest BCUT2D eigenvalue weighted by Gasteiger charge is 2.27. The van der Waals surface area contributed by atoms with Crippen molar-refractivity contribution in [2.24, 2.45) is 0 Å². The van der Waals surface area contributed by atoms with Gasteiger partial charge in [-0.25, -0.2) is 8.42 Å². The van der Waals surface area contributed by atoms with Crippen LogP contribution >= 0.6 is 0 Å². The number of rotatable bonds is 7. The molecule has 0 aromatic heterocycles. The lowest BCUT2D eigenvalue weighted by atomic mass is 10.2. The highest BCUT2D eigenvalue weighted by atomic mass is 32.2. The second-order valence-corrected chi connectivity index (χ2v) is 7.22. The average Bonchev–Trinajstić information content (AvgIpc) is 2.61. The summed E-state index contributed by atoms with van der Waals surface area (Å²) in [6.45, 7) is 1.79. The Hall–Kier alpha value is -0.660. The first-order valence-electron chi connectivity index (χ1n) is 6.24. The maximum atomic E-state index is 11.5. The molecule has 0 spiro atoms. The first-order valence-corrected chi connectivity index (χ1v) is 8.06. The molecule has 1 saturated heterocycles. The summed E-state index contributed by atoms with van der Waals surface area (Å²) in [7, 11) is 1.11. The van der Waals surface area contributed by atoms with E-state index in [9.17, 15) is 13.2 Å². The summed E-state index contributed by atoms with van der Waals surface area (Å²) >= 11 is 0. The normalized spacial score (nSPS) is 22.3. The van der Waals surface area contributed by atoms with Crippen LogP contribution in [0.1, 0.15) is 12.8 Å². The fourth-order valence-corrected chi connectivity index (χ4v) is 3.59. The minimum Gasteiger partial charge on any atom is -0.355 e. The van der Waals surface area contributed by atoms with Gasteiger partial charge in [0.05, 0.1) is 18.1 Å². The molecular weight excluding hydrogens is 254 g/mol. The van der Waals surface area contributed by atoms with E-state index in [1.54, 1.807) is 0 Å². The van der Waals surface area contributed by atoms with E-state index in [0.717, 1.165) is 13.0 Å². The van der Waals surface area contributed by atoms with Crippen LogP contribution in [0.2, 0.25) is 0 Å². The molecule has 0 saturated carbocycles. The third-order valence-corrected chi connectivity index (χ3v) is 4.66. The zero-order chi connectivity index (χ0) is 13.6. The molecule has 1 aliphatic rings. The quantitative estimate of drug-likeness (QED) is 0.573. The largest absolute Gasteiger partial charge is 0.355 e. The summed E-state index contributed by atoms with van der Waals surface area (Å²) in [5.41, 5.74) is 0. The molecule has 0 aromatic carbocycles. The number of hydrogen-bond donors (Lipinski definition) is 2. The molecule has 0 aliphatic carbocycles. The number of amides is 1. The van der Waals surface area contributed by atoms with Crippen molar-refractivity contribution in [1.29, 1.82) is 0 Å². The molecule has 1 atom stereocenters. The maximum Gasteiger partial charge on any atom is 0.233 e. The fraction of sp³-hybridized carbons (Fsp3) is 0.909. The second kappa shape index (κ2) is 7.06. The Morgan fingerprint density at radius 3 is 2.67 bits per heavy atom. The van der Waals surface area contributed by atoms with Crippen molar-refractivity contribution in [1.82, 2.24) is 15.5 Å². The third kappa shape index (κ3) is 6.32. The summed E-state index contributed by atoms with van der Waals surface area (Å²) in [6, 6.07) is -0.0671. The van der Waals surface area contributed by atoms with Gasteiger partial charge in [0.2, 0.25) is 5.91 Å². The van der Waals surface area contributed by atoms with Gasteiger partial charge < -0.3 is 15.5 Å². The van der Waals surface area contributed by atoms with Crippen LogP contribution in [-0.4, -0.2) is 70.5 Å². The topological polar surface area (TPSA) is 78.5 Å². The Balaban J connectivity index is 2.07. The predicted octanol–water partition coefficient (Wildman–Crippen LogP) is -1.17.